The number of carbonyl (C=O) groups excluding carboxylic acids is 1. The minimum Gasteiger partial charge on any atom is -0.354 e. The Kier molecular flexibility index (Phi) is 5.37. The van der Waals surface area contributed by atoms with Gasteiger partial charge in [-0.1, -0.05) is 19.3 Å². The molecule has 0 spiro atoms. The van der Waals surface area contributed by atoms with Crippen LogP contribution in [-0.4, -0.2) is 36.5 Å². The topological polar surface area (TPSA) is 41.1 Å². The molecule has 2 aliphatic rings. The maximum Gasteiger partial charge on any atom is 0.234 e. The van der Waals surface area contributed by atoms with E-state index in [4.69, 9.17) is 0 Å². The van der Waals surface area contributed by atoms with Gasteiger partial charge in [0, 0.05) is 11.3 Å². The predicted octanol–water partition coefficient (Wildman–Crippen LogP) is 2.17. The number of hydrogen-bond donors (Lipinski definition) is 2. The van der Waals surface area contributed by atoms with Gasteiger partial charge >= 0.3 is 0 Å². The lowest BCUT2D eigenvalue weighted by molar-refractivity contribution is -0.120. The predicted molar refractivity (Wildman–Crippen MR) is 77.9 cm³/mol. The van der Waals surface area contributed by atoms with Gasteiger partial charge < -0.3 is 10.6 Å². The zero-order valence-electron chi connectivity index (χ0n) is 11.5. The summed E-state index contributed by atoms with van der Waals surface area (Å²) in [6.07, 6.45) is 11.4. The van der Waals surface area contributed by atoms with Crippen LogP contribution in [0.25, 0.3) is 0 Å². The zero-order valence-corrected chi connectivity index (χ0v) is 12.3. The maximum absolute atomic E-state index is 11.8. The van der Waals surface area contributed by atoms with E-state index in [2.05, 4.69) is 16.9 Å². The zero-order chi connectivity index (χ0) is 12.8. The summed E-state index contributed by atoms with van der Waals surface area (Å²) in [7, 11) is 0. The van der Waals surface area contributed by atoms with Crippen molar-refractivity contribution in [2.45, 2.75) is 49.7 Å². The van der Waals surface area contributed by atoms with Crippen LogP contribution in [0.15, 0.2) is 0 Å². The lowest BCUT2D eigenvalue weighted by Crippen LogP contribution is -2.44. The van der Waals surface area contributed by atoms with Gasteiger partial charge in [-0.25, -0.2) is 0 Å². The van der Waals surface area contributed by atoms with Crippen LogP contribution in [0.2, 0.25) is 0 Å². The molecule has 0 aliphatic heterocycles. The monoisotopic (exact) mass is 270 g/mol. The van der Waals surface area contributed by atoms with Gasteiger partial charge in [0.25, 0.3) is 0 Å². The molecule has 104 valence electrons. The van der Waals surface area contributed by atoms with Gasteiger partial charge in [0.2, 0.25) is 5.91 Å². The highest BCUT2D eigenvalue weighted by Gasteiger charge is 2.31. The molecule has 2 rings (SSSR count). The van der Waals surface area contributed by atoms with Crippen molar-refractivity contribution in [3.8, 4) is 0 Å². The molecule has 0 unspecified atom stereocenters. The van der Waals surface area contributed by atoms with E-state index in [9.17, 15) is 4.79 Å². The second-order valence-electron chi connectivity index (χ2n) is 5.80. The summed E-state index contributed by atoms with van der Waals surface area (Å²) in [5.74, 6) is 1.00. The SMILES string of the molecule is CSC1(CNC(=O)CNCC2CC2)CCCCC1. The number of nitrogens with one attached hydrogen (secondary N) is 2. The van der Waals surface area contributed by atoms with E-state index in [0.717, 1.165) is 19.0 Å². The first kappa shape index (κ1) is 14.2. The molecule has 0 bridgehead atoms. The molecule has 2 aliphatic carbocycles. The third-order valence-electron chi connectivity index (χ3n) is 4.22. The molecule has 0 aromatic heterocycles. The van der Waals surface area contributed by atoms with E-state index in [1.54, 1.807) is 0 Å². The molecule has 0 saturated heterocycles. The van der Waals surface area contributed by atoms with E-state index in [-0.39, 0.29) is 5.91 Å². The molecule has 1 amide bonds. The van der Waals surface area contributed by atoms with Crippen molar-refractivity contribution >= 4 is 17.7 Å². The Hall–Kier alpha value is -0.220. The standard InChI is InChI=1S/C14H26N2OS/c1-18-14(7-3-2-4-8-14)11-16-13(17)10-15-9-12-5-6-12/h12,15H,2-11H2,1H3,(H,16,17). The maximum atomic E-state index is 11.8. The highest BCUT2D eigenvalue weighted by Crippen LogP contribution is 2.37. The molecule has 0 aromatic rings. The lowest BCUT2D eigenvalue weighted by Gasteiger charge is -2.35. The minimum atomic E-state index is 0.162. The number of amides is 1. The summed E-state index contributed by atoms with van der Waals surface area (Å²) in [4.78, 5) is 11.8. The molecular weight excluding hydrogens is 244 g/mol. The average molecular weight is 270 g/mol. The third kappa shape index (κ3) is 4.47. The number of carbonyl (C=O) groups is 1. The van der Waals surface area contributed by atoms with Crippen LogP contribution < -0.4 is 10.6 Å². The molecule has 18 heavy (non-hydrogen) atoms. The molecular formula is C14H26N2OS. The fourth-order valence-electron chi connectivity index (χ4n) is 2.68. The van der Waals surface area contributed by atoms with Gasteiger partial charge in [-0.2, -0.15) is 11.8 Å². The summed E-state index contributed by atoms with van der Waals surface area (Å²) < 4.78 is 0.310. The van der Waals surface area contributed by atoms with Crippen LogP contribution in [0.5, 0.6) is 0 Å². The highest BCUT2D eigenvalue weighted by atomic mass is 32.2. The second-order valence-corrected chi connectivity index (χ2v) is 7.07. The van der Waals surface area contributed by atoms with Crippen molar-refractivity contribution in [3.63, 3.8) is 0 Å². The van der Waals surface area contributed by atoms with Crippen molar-refractivity contribution in [2.75, 3.05) is 25.9 Å². The molecule has 0 radical (unpaired) electrons. The van der Waals surface area contributed by atoms with Crippen molar-refractivity contribution in [1.29, 1.82) is 0 Å². The first-order valence-electron chi connectivity index (χ1n) is 7.27. The summed E-state index contributed by atoms with van der Waals surface area (Å²) >= 11 is 1.94. The number of rotatable bonds is 7. The fraction of sp³-hybridized carbons (Fsp3) is 0.929. The summed E-state index contributed by atoms with van der Waals surface area (Å²) in [5, 5.41) is 6.36. The average Bonchev–Trinajstić information content (AvgIpc) is 3.22. The van der Waals surface area contributed by atoms with Crippen molar-refractivity contribution in [1.82, 2.24) is 10.6 Å². The molecule has 2 fully saturated rings. The Morgan fingerprint density at radius 2 is 2.00 bits per heavy atom. The van der Waals surface area contributed by atoms with Gasteiger partial charge in [-0.3, -0.25) is 4.79 Å². The molecule has 4 heteroatoms. The minimum absolute atomic E-state index is 0.162. The van der Waals surface area contributed by atoms with E-state index in [0.29, 0.717) is 11.3 Å². The van der Waals surface area contributed by atoms with E-state index in [1.165, 1.54) is 44.9 Å². The lowest BCUT2D eigenvalue weighted by atomic mass is 9.88. The number of hydrogen-bond acceptors (Lipinski definition) is 3. The van der Waals surface area contributed by atoms with Crippen LogP contribution in [-0.2, 0) is 4.79 Å². The Bertz CT molecular complexity index is 273. The first-order valence-corrected chi connectivity index (χ1v) is 8.49. The van der Waals surface area contributed by atoms with Crippen molar-refractivity contribution in [2.24, 2.45) is 5.92 Å². The largest absolute Gasteiger partial charge is 0.354 e. The quantitative estimate of drug-likeness (QED) is 0.745. The Balaban J connectivity index is 1.63. The van der Waals surface area contributed by atoms with Crippen LogP contribution >= 0.6 is 11.8 Å². The van der Waals surface area contributed by atoms with Crippen LogP contribution in [0, 0.1) is 5.92 Å². The first-order chi connectivity index (χ1) is 8.74. The van der Waals surface area contributed by atoms with Gasteiger partial charge in [0.05, 0.1) is 6.54 Å². The van der Waals surface area contributed by atoms with Crippen molar-refractivity contribution < 1.29 is 4.79 Å². The molecule has 3 nitrogen and oxygen atoms in total. The molecule has 2 saturated carbocycles. The Morgan fingerprint density at radius 3 is 2.61 bits per heavy atom. The molecule has 0 aromatic carbocycles. The Labute approximate surface area is 115 Å². The Morgan fingerprint density at radius 1 is 1.28 bits per heavy atom. The van der Waals surface area contributed by atoms with E-state index in [1.807, 2.05) is 11.8 Å². The summed E-state index contributed by atoms with van der Waals surface area (Å²) in [5.41, 5.74) is 0. The van der Waals surface area contributed by atoms with Gasteiger partial charge in [0.1, 0.15) is 0 Å². The molecule has 2 N–H and O–H groups in total. The van der Waals surface area contributed by atoms with Crippen LogP contribution in [0.4, 0.5) is 0 Å². The normalized spacial score (nSPS) is 22.7. The highest BCUT2D eigenvalue weighted by molar-refractivity contribution is 8.00. The fourth-order valence-corrected chi connectivity index (χ4v) is 3.60. The van der Waals surface area contributed by atoms with Gasteiger partial charge in [-0.05, 0) is 44.4 Å². The third-order valence-corrected chi connectivity index (χ3v) is 5.64. The van der Waals surface area contributed by atoms with E-state index < -0.39 is 0 Å². The summed E-state index contributed by atoms with van der Waals surface area (Å²) in [6.45, 7) is 2.35. The van der Waals surface area contributed by atoms with Crippen molar-refractivity contribution in [3.05, 3.63) is 0 Å². The molecule has 0 atom stereocenters. The van der Waals surface area contributed by atoms with Crippen LogP contribution in [0.3, 0.4) is 0 Å². The van der Waals surface area contributed by atoms with E-state index >= 15 is 0 Å². The number of thioether (sulfide) groups is 1. The molecule has 0 heterocycles. The summed E-state index contributed by atoms with van der Waals surface area (Å²) in [6, 6.07) is 0. The second kappa shape index (κ2) is 6.80. The van der Waals surface area contributed by atoms with Gasteiger partial charge in [-0.15, -0.1) is 0 Å². The van der Waals surface area contributed by atoms with Gasteiger partial charge in [0.15, 0.2) is 0 Å². The smallest absolute Gasteiger partial charge is 0.234 e. The van der Waals surface area contributed by atoms with Crippen LogP contribution in [0.1, 0.15) is 44.9 Å².